The van der Waals surface area contributed by atoms with E-state index in [1.54, 1.807) is 0 Å². The first-order chi connectivity index (χ1) is 9.56. The Hall–Kier alpha value is -1.43. The predicted molar refractivity (Wildman–Crippen MR) is 69.0 cm³/mol. The van der Waals surface area contributed by atoms with Crippen LogP contribution in [0.15, 0.2) is 4.52 Å². The maximum Gasteiger partial charge on any atom is 0.306 e. The Kier molecular flexibility index (Phi) is 2.35. The summed E-state index contributed by atoms with van der Waals surface area (Å²) >= 11 is 0. The fraction of sp³-hybridized carbons (Fsp3) is 0.786. The van der Waals surface area contributed by atoms with E-state index < -0.39 is 5.97 Å². The maximum absolute atomic E-state index is 10.9. The summed E-state index contributed by atoms with van der Waals surface area (Å²) in [5, 5.41) is 13.0. The van der Waals surface area contributed by atoms with Crippen molar-refractivity contribution >= 4 is 5.97 Å². The summed E-state index contributed by atoms with van der Waals surface area (Å²) in [5.74, 6) is 1.02. The number of nitrogens with zero attached hydrogens (tertiary/aromatic N) is 2. The van der Waals surface area contributed by atoms with E-state index >= 15 is 0 Å². The largest absolute Gasteiger partial charge is 0.481 e. The van der Waals surface area contributed by atoms with Crippen molar-refractivity contribution in [3.63, 3.8) is 0 Å². The lowest BCUT2D eigenvalue weighted by Crippen LogP contribution is -2.49. The lowest BCUT2D eigenvalue weighted by Gasteiger charge is -2.55. The molecule has 0 aromatic carbocycles. The van der Waals surface area contributed by atoms with Gasteiger partial charge >= 0.3 is 5.97 Å². The van der Waals surface area contributed by atoms with E-state index in [0.29, 0.717) is 12.5 Å². The zero-order chi connectivity index (χ0) is 14.0. The molecule has 0 unspecified atom stereocenters. The smallest absolute Gasteiger partial charge is 0.306 e. The van der Waals surface area contributed by atoms with Gasteiger partial charge in [0.1, 0.15) is 0 Å². The highest BCUT2D eigenvalue weighted by molar-refractivity contribution is 5.71. The van der Waals surface area contributed by atoms with Crippen molar-refractivity contribution < 1.29 is 14.4 Å². The fourth-order valence-electron chi connectivity index (χ4n) is 3.94. The van der Waals surface area contributed by atoms with Crippen LogP contribution in [-0.2, 0) is 10.2 Å². The van der Waals surface area contributed by atoms with Gasteiger partial charge in [-0.2, -0.15) is 4.98 Å². The lowest BCUT2D eigenvalue weighted by molar-refractivity contribution is -0.155. The summed E-state index contributed by atoms with van der Waals surface area (Å²) < 4.78 is 5.40. The van der Waals surface area contributed by atoms with Gasteiger partial charge < -0.3 is 15.4 Å². The summed E-state index contributed by atoms with van der Waals surface area (Å²) in [6, 6.07) is 0. The molecule has 20 heavy (non-hydrogen) atoms. The molecule has 6 heteroatoms. The van der Waals surface area contributed by atoms with Gasteiger partial charge in [-0.1, -0.05) is 5.16 Å². The van der Waals surface area contributed by atoms with Crippen molar-refractivity contribution in [1.82, 2.24) is 10.1 Å². The Morgan fingerprint density at radius 3 is 2.60 bits per heavy atom. The van der Waals surface area contributed by atoms with Crippen LogP contribution in [-0.4, -0.2) is 27.8 Å². The predicted octanol–water partition coefficient (Wildman–Crippen LogP) is 1.42. The summed E-state index contributed by atoms with van der Waals surface area (Å²) in [6.45, 7) is 0.584. The topological polar surface area (TPSA) is 102 Å². The van der Waals surface area contributed by atoms with Gasteiger partial charge in [-0.3, -0.25) is 4.79 Å². The molecule has 0 aliphatic heterocycles. The molecule has 0 amide bonds. The third kappa shape index (κ3) is 1.63. The first kappa shape index (κ1) is 12.3. The van der Waals surface area contributed by atoms with E-state index in [4.69, 9.17) is 15.4 Å². The number of carboxylic acids is 1. The molecule has 3 N–H and O–H groups in total. The third-order valence-electron chi connectivity index (χ3n) is 5.58. The van der Waals surface area contributed by atoms with E-state index in [-0.39, 0.29) is 16.7 Å². The molecule has 3 saturated carbocycles. The Morgan fingerprint density at radius 1 is 1.35 bits per heavy atom. The second kappa shape index (κ2) is 3.81. The van der Waals surface area contributed by atoms with Crippen molar-refractivity contribution in [2.75, 3.05) is 6.54 Å². The van der Waals surface area contributed by atoms with E-state index in [0.717, 1.165) is 50.2 Å². The third-order valence-corrected chi connectivity index (χ3v) is 5.58. The molecular formula is C14H19N3O3. The molecule has 1 aromatic heterocycles. The minimum atomic E-state index is -0.655. The average Bonchev–Trinajstić information content (AvgIpc) is 2.97. The van der Waals surface area contributed by atoms with Gasteiger partial charge in [0.15, 0.2) is 5.82 Å². The highest BCUT2D eigenvalue weighted by atomic mass is 16.5. The van der Waals surface area contributed by atoms with Crippen molar-refractivity contribution in [2.24, 2.45) is 17.1 Å². The molecule has 3 fully saturated rings. The summed E-state index contributed by atoms with van der Waals surface area (Å²) in [5.41, 5.74) is 6.00. The molecule has 108 valence electrons. The van der Waals surface area contributed by atoms with Crippen molar-refractivity contribution in [3.05, 3.63) is 11.7 Å². The number of carboxylic acid groups (broad SMARTS) is 1. The van der Waals surface area contributed by atoms with Gasteiger partial charge in [0.05, 0.1) is 5.92 Å². The average molecular weight is 277 g/mol. The minimum absolute atomic E-state index is 0.0198. The molecule has 0 saturated heterocycles. The van der Waals surface area contributed by atoms with Crippen LogP contribution in [0.2, 0.25) is 0 Å². The van der Waals surface area contributed by atoms with Crippen LogP contribution in [0.25, 0.3) is 0 Å². The zero-order valence-electron chi connectivity index (χ0n) is 11.3. The number of hydrogen-bond donors (Lipinski definition) is 2. The van der Waals surface area contributed by atoms with Gasteiger partial charge in [0, 0.05) is 17.9 Å². The number of aromatic nitrogens is 2. The molecule has 1 spiro atoms. The van der Waals surface area contributed by atoms with E-state index in [1.807, 2.05) is 0 Å². The molecule has 3 aliphatic carbocycles. The second-order valence-corrected chi connectivity index (χ2v) is 6.99. The Morgan fingerprint density at radius 2 is 2.05 bits per heavy atom. The van der Waals surface area contributed by atoms with Gasteiger partial charge in [0.25, 0.3) is 0 Å². The van der Waals surface area contributed by atoms with Crippen LogP contribution in [0, 0.1) is 11.3 Å². The number of carbonyl (C=O) groups is 1. The summed E-state index contributed by atoms with van der Waals surface area (Å²) in [6.07, 6.45) is 5.72. The summed E-state index contributed by atoms with van der Waals surface area (Å²) in [4.78, 5) is 15.4. The molecule has 6 nitrogen and oxygen atoms in total. The van der Waals surface area contributed by atoms with Crippen LogP contribution in [0.3, 0.4) is 0 Å². The van der Waals surface area contributed by atoms with E-state index in [1.165, 1.54) is 0 Å². The van der Waals surface area contributed by atoms with Crippen molar-refractivity contribution in [3.8, 4) is 0 Å². The first-order valence-corrected chi connectivity index (χ1v) is 7.33. The number of aliphatic carboxylic acids is 1. The summed E-state index contributed by atoms with van der Waals surface area (Å²) in [7, 11) is 0. The standard InChI is InChI=1S/C14H19N3O3/c15-7-14(1-2-14)12-16-10(20-17-12)8-3-13(4-8)5-9(6-13)11(18)19/h8-9H,1-7,15H2,(H,18,19). The highest BCUT2D eigenvalue weighted by Crippen LogP contribution is 2.64. The number of hydrogen-bond acceptors (Lipinski definition) is 5. The molecule has 0 bridgehead atoms. The SMILES string of the molecule is NCC1(c2noc(C3CC4(CC(C(=O)O)C4)C3)n2)CC1. The molecule has 1 heterocycles. The van der Waals surface area contributed by atoms with Gasteiger partial charge in [0.2, 0.25) is 5.89 Å². The van der Waals surface area contributed by atoms with Crippen LogP contribution in [0.1, 0.15) is 56.2 Å². The normalized spacial score (nSPS) is 37.2. The Labute approximate surface area is 116 Å². The first-order valence-electron chi connectivity index (χ1n) is 7.33. The van der Waals surface area contributed by atoms with Gasteiger partial charge in [-0.15, -0.1) is 0 Å². The van der Waals surface area contributed by atoms with Crippen LogP contribution in [0.4, 0.5) is 0 Å². The maximum atomic E-state index is 10.9. The Balaban J connectivity index is 1.39. The minimum Gasteiger partial charge on any atom is -0.481 e. The van der Waals surface area contributed by atoms with Crippen molar-refractivity contribution in [1.29, 1.82) is 0 Å². The zero-order valence-corrected chi connectivity index (χ0v) is 11.3. The van der Waals surface area contributed by atoms with Crippen LogP contribution >= 0.6 is 0 Å². The molecule has 0 radical (unpaired) electrons. The lowest BCUT2D eigenvalue weighted by atomic mass is 9.48. The van der Waals surface area contributed by atoms with Crippen molar-refractivity contribution in [2.45, 2.75) is 49.9 Å². The van der Waals surface area contributed by atoms with Crippen LogP contribution in [0.5, 0.6) is 0 Å². The Bertz CT molecular complexity index is 550. The number of nitrogens with two attached hydrogens (primary N) is 1. The molecule has 3 aliphatic rings. The molecule has 4 rings (SSSR count). The van der Waals surface area contributed by atoms with Gasteiger partial charge in [-0.05, 0) is 43.9 Å². The van der Waals surface area contributed by atoms with Crippen LogP contribution < -0.4 is 5.73 Å². The molecule has 0 atom stereocenters. The monoisotopic (exact) mass is 277 g/mol. The molecular weight excluding hydrogens is 258 g/mol. The van der Waals surface area contributed by atoms with E-state index in [2.05, 4.69) is 10.1 Å². The van der Waals surface area contributed by atoms with Gasteiger partial charge in [-0.25, -0.2) is 0 Å². The fourth-order valence-corrected chi connectivity index (χ4v) is 3.94. The van der Waals surface area contributed by atoms with E-state index in [9.17, 15) is 4.79 Å². The molecule has 1 aromatic rings. The highest BCUT2D eigenvalue weighted by Gasteiger charge is 2.57. The quantitative estimate of drug-likeness (QED) is 0.862. The second-order valence-electron chi connectivity index (χ2n) is 6.99. The number of rotatable bonds is 4.